The number of hydrogen-bond acceptors (Lipinski definition) is 2. The molecule has 17 heavy (non-hydrogen) atoms. The molecule has 96 valence electrons. The summed E-state index contributed by atoms with van der Waals surface area (Å²) in [6.07, 6.45) is -4.31. The maximum atomic E-state index is 12.6. The summed E-state index contributed by atoms with van der Waals surface area (Å²) in [5.41, 5.74) is 6.31. The monoisotopic (exact) mass is 246 g/mol. The Morgan fingerprint density at radius 1 is 1.29 bits per heavy atom. The summed E-state index contributed by atoms with van der Waals surface area (Å²) in [4.78, 5) is 1.79. The van der Waals surface area contributed by atoms with Gasteiger partial charge in [-0.25, -0.2) is 0 Å². The molecule has 5 heteroatoms. The van der Waals surface area contributed by atoms with Gasteiger partial charge in [-0.1, -0.05) is 6.92 Å². The summed E-state index contributed by atoms with van der Waals surface area (Å²) in [7, 11) is 3.60. The van der Waals surface area contributed by atoms with Crippen LogP contribution in [0.25, 0.3) is 0 Å². The minimum atomic E-state index is -4.31. The van der Waals surface area contributed by atoms with Gasteiger partial charge in [0.1, 0.15) is 0 Å². The molecule has 0 saturated heterocycles. The average molecular weight is 246 g/mol. The van der Waals surface area contributed by atoms with Crippen LogP contribution in [0, 0.1) is 0 Å². The van der Waals surface area contributed by atoms with Crippen molar-refractivity contribution in [1.29, 1.82) is 0 Å². The predicted molar refractivity (Wildman–Crippen MR) is 63.2 cm³/mol. The minimum Gasteiger partial charge on any atom is -0.377 e. The van der Waals surface area contributed by atoms with E-state index >= 15 is 0 Å². The van der Waals surface area contributed by atoms with Crippen LogP contribution >= 0.6 is 0 Å². The van der Waals surface area contributed by atoms with Gasteiger partial charge in [0, 0.05) is 19.8 Å². The second-order valence-electron chi connectivity index (χ2n) is 4.30. The molecule has 1 atom stereocenters. The Kier molecular flexibility index (Phi) is 4.03. The molecular weight excluding hydrogens is 229 g/mol. The van der Waals surface area contributed by atoms with Crippen LogP contribution in [-0.4, -0.2) is 20.6 Å². The lowest BCUT2D eigenvalue weighted by Crippen LogP contribution is -2.17. The van der Waals surface area contributed by atoms with Crippen molar-refractivity contribution in [3.63, 3.8) is 0 Å². The highest BCUT2D eigenvalue weighted by molar-refractivity contribution is 5.56. The number of alkyl halides is 3. The predicted octanol–water partition coefficient (Wildman–Crippen LogP) is 2.83. The molecule has 0 aliphatic rings. The maximum Gasteiger partial charge on any atom is 0.416 e. The first kappa shape index (κ1) is 13.8. The Labute approximate surface area is 99.2 Å². The summed E-state index contributed by atoms with van der Waals surface area (Å²) < 4.78 is 37.9. The number of hydrogen-bond donors (Lipinski definition) is 1. The average Bonchev–Trinajstić information content (AvgIpc) is 2.25. The highest BCUT2D eigenvalue weighted by Gasteiger charge is 2.31. The van der Waals surface area contributed by atoms with Gasteiger partial charge < -0.3 is 10.6 Å². The lowest BCUT2D eigenvalue weighted by atomic mass is 9.96. The molecule has 2 N–H and O–H groups in total. The van der Waals surface area contributed by atoms with Gasteiger partial charge >= 0.3 is 6.18 Å². The largest absolute Gasteiger partial charge is 0.416 e. The van der Waals surface area contributed by atoms with Crippen LogP contribution in [0.1, 0.15) is 24.0 Å². The zero-order valence-electron chi connectivity index (χ0n) is 10.2. The molecule has 0 bridgehead atoms. The van der Waals surface area contributed by atoms with E-state index < -0.39 is 11.7 Å². The van der Waals surface area contributed by atoms with Crippen molar-refractivity contribution in [2.45, 2.75) is 19.0 Å². The normalized spacial score (nSPS) is 13.6. The van der Waals surface area contributed by atoms with Crippen molar-refractivity contribution in [3.8, 4) is 0 Å². The maximum absolute atomic E-state index is 12.6. The van der Waals surface area contributed by atoms with Crippen LogP contribution in [0.15, 0.2) is 18.2 Å². The van der Waals surface area contributed by atoms with Crippen molar-refractivity contribution in [1.82, 2.24) is 0 Å². The first-order valence-electron chi connectivity index (χ1n) is 5.36. The Hall–Kier alpha value is -1.23. The fraction of sp³-hybridized carbons (Fsp3) is 0.500. The topological polar surface area (TPSA) is 29.3 Å². The Morgan fingerprint density at radius 2 is 1.88 bits per heavy atom. The van der Waals surface area contributed by atoms with Gasteiger partial charge in [-0.15, -0.1) is 0 Å². The summed E-state index contributed by atoms with van der Waals surface area (Å²) in [6, 6.07) is 3.78. The molecule has 0 saturated carbocycles. The number of nitrogens with zero attached hydrogens (tertiary/aromatic N) is 1. The molecule has 0 aliphatic heterocycles. The third-order valence-corrected chi connectivity index (χ3v) is 2.72. The Balaban J connectivity index is 3.29. The molecule has 0 spiro atoms. The van der Waals surface area contributed by atoms with Crippen LogP contribution < -0.4 is 10.6 Å². The molecule has 0 heterocycles. The van der Waals surface area contributed by atoms with E-state index in [9.17, 15) is 13.2 Å². The number of nitrogens with two attached hydrogens (primary N) is 1. The lowest BCUT2D eigenvalue weighted by molar-refractivity contribution is -0.137. The summed E-state index contributed by atoms with van der Waals surface area (Å²) in [6.45, 7) is 2.14. The molecular formula is C12H17F3N2. The van der Waals surface area contributed by atoms with E-state index in [0.29, 0.717) is 12.1 Å². The summed E-state index contributed by atoms with van der Waals surface area (Å²) >= 11 is 0. The van der Waals surface area contributed by atoms with E-state index in [1.54, 1.807) is 19.0 Å². The van der Waals surface area contributed by atoms with E-state index in [0.717, 1.165) is 11.8 Å². The van der Waals surface area contributed by atoms with Crippen molar-refractivity contribution >= 4 is 5.69 Å². The zero-order chi connectivity index (χ0) is 13.2. The van der Waals surface area contributed by atoms with Gasteiger partial charge in [0.2, 0.25) is 0 Å². The van der Waals surface area contributed by atoms with Gasteiger partial charge in [0.15, 0.2) is 0 Å². The summed E-state index contributed by atoms with van der Waals surface area (Å²) in [5, 5.41) is 0. The molecule has 1 aromatic carbocycles. The van der Waals surface area contributed by atoms with Crippen LogP contribution in [0.3, 0.4) is 0 Å². The highest BCUT2D eigenvalue weighted by atomic mass is 19.4. The SMILES string of the molecule is CC(CN)c1cc(C(F)(F)F)ccc1N(C)C. The Bertz CT molecular complexity index is 386. The molecule has 1 aromatic rings. The first-order valence-corrected chi connectivity index (χ1v) is 5.36. The molecule has 0 radical (unpaired) electrons. The second-order valence-corrected chi connectivity index (χ2v) is 4.30. The van der Waals surface area contributed by atoms with E-state index in [1.165, 1.54) is 12.1 Å². The van der Waals surface area contributed by atoms with E-state index in [2.05, 4.69) is 0 Å². The van der Waals surface area contributed by atoms with Crippen molar-refractivity contribution < 1.29 is 13.2 Å². The van der Waals surface area contributed by atoms with Crippen LogP contribution in [-0.2, 0) is 6.18 Å². The van der Waals surface area contributed by atoms with Gasteiger partial charge in [0.05, 0.1) is 5.56 Å². The molecule has 0 fully saturated rings. The number of halogens is 3. The molecule has 1 unspecified atom stereocenters. The van der Waals surface area contributed by atoms with E-state index in [4.69, 9.17) is 5.73 Å². The van der Waals surface area contributed by atoms with Crippen LogP contribution in [0.2, 0.25) is 0 Å². The molecule has 1 rings (SSSR count). The highest BCUT2D eigenvalue weighted by Crippen LogP contribution is 2.34. The number of anilines is 1. The second kappa shape index (κ2) is 4.96. The van der Waals surface area contributed by atoms with Gasteiger partial charge in [-0.2, -0.15) is 13.2 Å². The third kappa shape index (κ3) is 3.12. The van der Waals surface area contributed by atoms with E-state index in [-0.39, 0.29) is 5.92 Å². The quantitative estimate of drug-likeness (QED) is 0.888. The van der Waals surface area contributed by atoms with Crippen LogP contribution in [0.4, 0.5) is 18.9 Å². The molecule has 2 nitrogen and oxygen atoms in total. The van der Waals surface area contributed by atoms with Crippen molar-refractivity contribution in [2.24, 2.45) is 5.73 Å². The summed E-state index contributed by atoms with van der Waals surface area (Å²) in [5.74, 6) is -0.102. The Morgan fingerprint density at radius 3 is 2.29 bits per heavy atom. The standard InChI is InChI=1S/C12H17F3N2/c1-8(7-16)10-6-9(12(13,14)15)4-5-11(10)17(2)3/h4-6,8H,7,16H2,1-3H3. The fourth-order valence-corrected chi connectivity index (χ4v) is 1.66. The van der Waals surface area contributed by atoms with Gasteiger partial charge in [0.25, 0.3) is 0 Å². The van der Waals surface area contributed by atoms with Crippen LogP contribution in [0.5, 0.6) is 0 Å². The number of rotatable bonds is 3. The van der Waals surface area contributed by atoms with Crippen molar-refractivity contribution in [3.05, 3.63) is 29.3 Å². The first-order chi connectivity index (χ1) is 7.77. The fourth-order valence-electron chi connectivity index (χ4n) is 1.66. The van der Waals surface area contributed by atoms with Gasteiger partial charge in [-0.05, 0) is 36.2 Å². The molecule has 0 amide bonds. The van der Waals surface area contributed by atoms with Gasteiger partial charge in [-0.3, -0.25) is 0 Å². The smallest absolute Gasteiger partial charge is 0.377 e. The number of benzene rings is 1. The minimum absolute atomic E-state index is 0.102. The molecule has 0 aliphatic carbocycles. The van der Waals surface area contributed by atoms with E-state index in [1.807, 2.05) is 6.92 Å². The molecule has 0 aromatic heterocycles. The lowest BCUT2D eigenvalue weighted by Gasteiger charge is -2.22. The third-order valence-electron chi connectivity index (χ3n) is 2.72. The zero-order valence-corrected chi connectivity index (χ0v) is 10.2. The van der Waals surface area contributed by atoms with Crippen molar-refractivity contribution in [2.75, 3.05) is 25.5 Å².